The van der Waals surface area contributed by atoms with Gasteiger partial charge in [-0.2, -0.15) is 0 Å². The lowest BCUT2D eigenvalue weighted by Gasteiger charge is -2.26. The van der Waals surface area contributed by atoms with Crippen molar-refractivity contribution in [3.63, 3.8) is 0 Å². The van der Waals surface area contributed by atoms with Gasteiger partial charge in [-0.3, -0.25) is 14.5 Å². The Balaban J connectivity index is 1.97. The second-order valence-electron chi connectivity index (χ2n) is 8.14. The molecule has 1 aliphatic heterocycles. The van der Waals surface area contributed by atoms with Crippen LogP contribution in [0, 0.1) is 19.7 Å². The maximum Gasteiger partial charge on any atom is 0.300 e. The molecule has 1 unspecified atom stereocenters. The van der Waals surface area contributed by atoms with Crippen LogP contribution in [0.15, 0.2) is 66.2 Å². The van der Waals surface area contributed by atoms with Gasteiger partial charge in [0.1, 0.15) is 17.3 Å². The van der Waals surface area contributed by atoms with E-state index in [1.807, 2.05) is 26.8 Å². The van der Waals surface area contributed by atoms with Crippen LogP contribution in [0.3, 0.4) is 0 Å². The number of anilines is 1. The molecule has 0 saturated carbocycles. The summed E-state index contributed by atoms with van der Waals surface area (Å²) in [6, 6.07) is 14.8. The van der Waals surface area contributed by atoms with E-state index < -0.39 is 29.3 Å². The highest BCUT2D eigenvalue weighted by Gasteiger charge is 2.47. The fourth-order valence-electron chi connectivity index (χ4n) is 4.24. The molecule has 0 aromatic heterocycles. The second-order valence-corrected chi connectivity index (χ2v) is 8.55. The summed E-state index contributed by atoms with van der Waals surface area (Å²) in [6.07, 6.45) is 0. The summed E-state index contributed by atoms with van der Waals surface area (Å²) in [6.45, 7) is 5.99. The van der Waals surface area contributed by atoms with E-state index in [2.05, 4.69) is 0 Å². The number of benzene rings is 3. The Morgan fingerprint density at radius 2 is 1.68 bits per heavy atom. The van der Waals surface area contributed by atoms with Gasteiger partial charge in [-0.15, -0.1) is 0 Å². The zero-order valence-corrected chi connectivity index (χ0v) is 19.7. The van der Waals surface area contributed by atoms with Crippen LogP contribution in [-0.2, 0) is 9.59 Å². The van der Waals surface area contributed by atoms with Crippen molar-refractivity contribution in [3.05, 3.63) is 99.3 Å². The molecule has 1 N–H and O–H groups in total. The maximum atomic E-state index is 13.7. The number of amides is 1. The Bertz CT molecular complexity index is 1300. The SMILES string of the molecule is CCOc1ccc(Cl)c(/C(O)=C2\C(=O)C(=O)N(c3cc(C)cc(C)c3)C2c2ccc(F)cc2)c1. The zero-order chi connectivity index (χ0) is 24.6. The number of ether oxygens (including phenoxy) is 1. The third-order valence-electron chi connectivity index (χ3n) is 5.62. The third kappa shape index (κ3) is 4.29. The molecule has 7 heteroatoms. The third-order valence-corrected chi connectivity index (χ3v) is 5.95. The summed E-state index contributed by atoms with van der Waals surface area (Å²) in [4.78, 5) is 27.9. The summed E-state index contributed by atoms with van der Waals surface area (Å²) < 4.78 is 19.2. The van der Waals surface area contributed by atoms with E-state index in [0.29, 0.717) is 23.6 Å². The van der Waals surface area contributed by atoms with E-state index in [-0.39, 0.29) is 16.2 Å². The van der Waals surface area contributed by atoms with Crippen molar-refractivity contribution in [1.29, 1.82) is 0 Å². The molecule has 0 radical (unpaired) electrons. The number of halogens is 2. The van der Waals surface area contributed by atoms with Crippen molar-refractivity contribution in [2.45, 2.75) is 26.8 Å². The lowest BCUT2D eigenvalue weighted by atomic mass is 9.95. The fraction of sp³-hybridized carbons (Fsp3) is 0.185. The lowest BCUT2D eigenvalue weighted by molar-refractivity contribution is -0.132. The number of aliphatic hydroxyl groups is 1. The molecule has 1 fully saturated rings. The minimum atomic E-state index is -0.978. The molecule has 3 aromatic rings. The van der Waals surface area contributed by atoms with Gasteiger partial charge in [0.2, 0.25) is 0 Å². The number of carbonyl (C=O) groups is 2. The Morgan fingerprint density at radius 1 is 1.03 bits per heavy atom. The van der Waals surface area contributed by atoms with Crippen molar-refractivity contribution in [1.82, 2.24) is 0 Å². The first-order chi connectivity index (χ1) is 16.2. The van der Waals surface area contributed by atoms with Crippen LogP contribution in [0.4, 0.5) is 10.1 Å². The van der Waals surface area contributed by atoms with E-state index in [0.717, 1.165) is 11.1 Å². The molecular formula is C27H23ClFNO4. The smallest absolute Gasteiger partial charge is 0.300 e. The number of aryl methyl sites for hydroxylation is 2. The molecule has 0 bridgehead atoms. The predicted molar refractivity (Wildman–Crippen MR) is 130 cm³/mol. The standard InChI is InChI=1S/C27H23ClFNO4/c1-4-34-20-9-10-22(28)21(14-20)25(31)23-24(17-5-7-18(29)8-6-17)30(27(33)26(23)32)19-12-15(2)11-16(3)13-19/h5-14,24,31H,4H2,1-3H3/b25-23+. The van der Waals surface area contributed by atoms with Gasteiger partial charge in [0, 0.05) is 11.3 Å². The van der Waals surface area contributed by atoms with Crippen LogP contribution in [-0.4, -0.2) is 23.4 Å². The summed E-state index contributed by atoms with van der Waals surface area (Å²) >= 11 is 6.35. The van der Waals surface area contributed by atoms with Crippen molar-refractivity contribution >= 4 is 34.7 Å². The molecule has 3 aromatic carbocycles. The monoisotopic (exact) mass is 479 g/mol. The molecule has 0 spiro atoms. The van der Waals surface area contributed by atoms with Gasteiger partial charge in [-0.1, -0.05) is 29.8 Å². The zero-order valence-electron chi connectivity index (χ0n) is 18.9. The molecule has 174 valence electrons. The van der Waals surface area contributed by atoms with Crippen LogP contribution in [0.1, 0.15) is 35.2 Å². The normalized spacial score (nSPS) is 17.3. The second kappa shape index (κ2) is 9.31. The molecule has 1 heterocycles. The Labute approximate surface area is 202 Å². The van der Waals surface area contributed by atoms with Gasteiger partial charge in [0.15, 0.2) is 0 Å². The van der Waals surface area contributed by atoms with Crippen LogP contribution in [0.5, 0.6) is 5.75 Å². The number of hydrogen-bond donors (Lipinski definition) is 1. The van der Waals surface area contributed by atoms with Crippen molar-refractivity contribution < 1.29 is 23.8 Å². The molecule has 34 heavy (non-hydrogen) atoms. The first-order valence-corrected chi connectivity index (χ1v) is 11.2. The molecule has 1 amide bonds. The fourth-order valence-corrected chi connectivity index (χ4v) is 4.44. The summed E-state index contributed by atoms with van der Waals surface area (Å²) in [7, 11) is 0. The predicted octanol–water partition coefficient (Wildman–Crippen LogP) is 6.12. The van der Waals surface area contributed by atoms with E-state index in [9.17, 15) is 19.1 Å². The molecule has 1 atom stereocenters. The number of rotatable bonds is 5. The average molecular weight is 480 g/mol. The van der Waals surface area contributed by atoms with Crippen LogP contribution in [0.25, 0.3) is 5.76 Å². The summed E-state index contributed by atoms with van der Waals surface area (Å²) in [5.41, 5.74) is 2.81. The van der Waals surface area contributed by atoms with Crippen LogP contribution >= 0.6 is 11.6 Å². The van der Waals surface area contributed by atoms with Crippen LogP contribution < -0.4 is 9.64 Å². The Morgan fingerprint density at radius 3 is 2.29 bits per heavy atom. The van der Waals surface area contributed by atoms with E-state index in [4.69, 9.17) is 16.3 Å². The van der Waals surface area contributed by atoms with E-state index in [1.165, 1.54) is 35.2 Å². The quantitative estimate of drug-likeness (QED) is 0.272. The molecule has 1 saturated heterocycles. The van der Waals surface area contributed by atoms with Gasteiger partial charge in [-0.25, -0.2) is 4.39 Å². The van der Waals surface area contributed by atoms with E-state index >= 15 is 0 Å². The van der Waals surface area contributed by atoms with Gasteiger partial charge in [0.25, 0.3) is 11.7 Å². The number of ketones is 1. The number of aliphatic hydroxyl groups excluding tert-OH is 1. The topological polar surface area (TPSA) is 66.8 Å². The van der Waals surface area contributed by atoms with Gasteiger partial charge < -0.3 is 9.84 Å². The average Bonchev–Trinajstić information content (AvgIpc) is 3.05. The number of carbonyl (C=O) groups excluding carboxylic acids is 2. The summed E-state index contributed by atoms with van der Waals surface area (Å²) in [5, 5.41) is 11.5. The van der Waals surface area contributed by atoms with Crippen molar-refractivity contribution in [3.8, 4) is 5.75 Å². The highest BCUT2D eigenvalue weighted by Crippen LogP contribution is 2.43. The van der Waals surface area contributed by atoms with E-state index in [1.54, 1.807) is 24.3 Å². The maximum absolute atomic E-state index is 13.7. The molecule has 0 aliphatic carbocycles. The largest absolute Gasteiger partial charge is 0.507 e. The van der Waals surface area contributed by atoms with Gasteiger partial charge in [-0.05, 0) is 79.9 Å². The van der Waals surface area contributed by atoms with Gasteiger partial charge in [0.05, 0.1) is 23.2 Å². The van der Waals surface area contributed by atoms with Crippen LogP contribution in [0.2, 0.25) is 5.02 Å². The highest BCUT2D eigenvalue weighted by atomic mass is 35.5. The molecule has 5 nitrogen and oxygen atoms in total. The highest BCUT2D eigenvalue weighted by molar-refractivity contribution is 6.52. The first-order valence-electron chi connectivity index (χ1n) is 10.8. The Kier molecular flexibility index (Phi) is 6.44. The van der Waals surface area contributed by atoms with Gasteiger partial charge >= 0.3 is 0 Å². The lowest BCUT2D eigenvalue weighted by Crippen LogP contribution is -2.29. The number of hydrogen-bond acceptors (Lipinski definition) is 4. The minimum Gasteiger partial charge on any atom is -0.507 e. The molecule has 1 aliphatic rings. The molecule has 4 rings (SSSR count). The summed E-state index contributed by atoms with van der Waals surface area (Å²) in [5.74, 6) is -2.08. The molecular weight excluding hydrogens is 457 g/mol. The number of Topliss-reactive ketones (excluding diaryl/α,β-unsaturated/α-hetero) is 1. The van der Waals surface area contributed by atoms with Crippen molar-refractivity contribution in [2.24, 2.45) is 0 Å². The number of nitrogens with zero attached hydrogens (tertiary/aromatic N) is 1. The van der Waals surface area contributed by atoms with Crippen molar-refractivity contribution in [2.75, 3.05) is 11.5 Å². The first kappa shape index (κ1) is 23.5. The minimum absolute atomic E-state index is 0.133. The Hall–Kier alpha value is -3.64.